The maximum Gasteiger partial charge on any atom is 0.224 e. The van der Waals surface area contributed by atoms with Crippen molar-refractivity contribution in [3.05, 3.63) is 35.9 Å². The van der Waals surface area contributed by atoms with Gasteiger partial charge in [0.05, 0.1) is 0 Å². The Balaban J connectivity index is 0.00000176. The van der Waals surface area contributed by atoms with E-state index in [0.29, 0.717) is 18.4 Å². The summed E-state index contributed by atoms with van der Waals surface area (Å²) in [6.07, 6.45) is 6.54. The van der Waals surface area contributed by atoms with Crippen LogP contribution in [0.3, 0.4) is 0 Å². The number of carbonyl (C=O) groups is 1. The fourth-order valence-electron chi connectivity index (χ4n) is 3.60. The van der Waals surface area contributed by atoms with Crippen molar-refractivity contribution >= 4 is 18.3 Å². The Kier molecular flexibility index (Phi) is 6.71. The molecule has 1 aromatic rings. The van der Waals surface area contributed by atoms with Gasteiger partial charge in [0.15, 0.2) is 0 Å². The summed E-state index contributed by atoms with van der Waals surface area (Å²) in [5, 5.41) is 3.42. The maximum atomic E-state index is 12.3. The molecule has 1 atom stereocenters. The minimum absolute atomic E-state index is 0. The molecule has 0 aromatic heterocycles. The van der Waals surface area contributed by atoms with Gasteiger partial charge < -0.3 is 10.2 Å². The van der Waals surface area contributed by atoms with Gasteiger partial charge in [0.1, 0.15) is 0 Å². The number of amides is 1. The van der Waals surface area contributed by atoms with E-state index in [9.17, 15) is 4.79 Å². The number of nitrogens with zero attached hydrogens (tertiary/aromatic N) is 1. The van der Waals surface area contributed by atoms with Crippen molar-refractivity contribution in [3.63, 3.8) is 0 Å². The Morgan fingerprint density at radius 2 is 1.86 bits per heavy atom. The second-order valence-corrected chi connectivity index (χ2v) is 6.51. The smallest absolute Gasteiger partial charge is 0.224 e. The maximum absolute atomic E-state index is 12.3. The van der Waals surface area contributed by atoms with Gasteiger partial charge in [-0.05, 0) is 50.1 Å². The molecular formula is C18H27ClN2O. The van der Waals surface area contributed by atoms with E-state index in [0.717, 1.165) is 51.2 Å². The van der Waals surface area contributed by atoms with Gasteiger partial charge in [-0.1, -0.05) is 30.3 Å². The topological polar surface area (TPSA) is 32.3 Å². The molecule has 0 spiro atoms. The average molecular weight is 323 g/mol. The highest BCUT2D eigenvalue weighted by Gasteiger charge is 2.25. The van der Waals surface area contributed by atoms with Crippen molar-refractivity contribution in [2.45, 2.75) is 44.6 Å². The van der Waals surface area contributed by atoms with Crippen LogP contribution in [0.4, 0.5) is 0 Å². The van der Waals surface area contributed by atoms with Crippen LogP contribution in [0.25, 0.3) is 0 Å². The lowest BCUT2D eigenvalue weighted by atomic mass is 9.90. The molecule has 2 aliphatic heterocycles. The second-order valence-electron chi connectivity index (χ2n) is 6.51. The zero-order valence-electron chi connectivity index (χ0n) is 13.2. The highest BCUT2D eigenvalue weighted by atomic mass is 35.5. The normalized spacial score (nSPS) is 22.4. The largest absolute Gasteiger partial charge is 0.343 e. The number of piperidine rings is 1. The molecule has 3 nitrogen and oxygen atoms in total. The van der Waals surface area contributed by atoms with E-state index in [-0.39, 0.29) is 12.4 Å². The summed E-state index contributed by atoms with van der Waals surface area (Å²) in [4.78, 5) is 14.4. The summed E-state index contributed by atoms with van der Waals surface area (Å²) in [6.45, 7) is 2.98. The first-order valence-electron chi connectivity index (χ1n) is 8.36. The van der Waals surface area contributed by atoms with Crippen molar-refractivity contribution in [1.29, 1.82) is 0 Å². The molecule has 1 N–H and O–H groups in total. The molecule has 4 heteroatoms. The molecule has 2 aliphatic rings. The van der Waals surface area contributed by atoms with Crippen molar-refractivity contribution < 1.29 is 4.79 Å². The van der Waals surface area contributed by atoms with Gasteiger partial charge in [0.25, 0.3) is 0 Å². The van der Waals surface area contributed by atoms with Crippen molar-refractivity contribution in [2.75, 3.05) is 19.6 Å². The van der Waals surface area contributed by atoms with Crippen LogP contribution in [-0.4, -0.2) is 36.5 Å². The van der Waals surface area contributed by atoms with E-state index >= 15 is 0 Å². The quantitative estimate of drug-likeness (QED) is 0.924. The molecule has 1 aromatic carbocycles. The zero-order chi connectivity index (χ0) is 14.5. The standard InChI is InChI=1S/C18H26N2O.ClH/c21-18(14-17-7-4-10-19-17)20-11-8-16(9-12-20)13-15-5-2-1-3-6-15;/h1-3,5-6,16-17,19H,4,7-14H2;1H. The Bertz CT molecular complexity index is 451. The van der Waals surface area contributed by atoms with Crippen LogP contribution in [0.1, 0.15) is 37.7 Å². The van der Waals surface area contributed by atoms with Crippen LogP contribution in [0.15, 0.2) is 30.3 Å². The molecule has 0 aliphatic carbocycles. The molecule has 0 saturated carbocycles. The molecule has 2 heterocycles. The molecular weight excluding hydrogens is 296 g/mol. The molecule has 0 radical (unpaired) electrons. The Morgan fingerprint density at radius 3 is 2.50 bits per heavy atom. The van der Waals surface area contributed by atoms with Crippen LogP contribution < -0.4 is 5.32 Å². The summed E-state index contributed by atoms with van der Waals surface area (Å²) in [5.41, 5.74) is 1.43. The van der Waals surface area contributed by atoms with Crippen LogP contribution in [0, 0.1) is 5.92 Å². The Morgan fingerprint density at radius 1 is 1.14 bits per heavy atom. The number of benzene rings is 1. The van der Waals surface area contributed by atoms with Gasteiger partial charge in [-0.3, -0.25) is 4.79 Å². The van der Waals surface area contributed by atoms with Gasteiger partial charge in [-0.25, -0.2) is 0 Å². The number of hydrogen-bond donors (Lipinski definition) is 1. The molecule has 1 amide bonds. The summed E-state index contributed by atoms with van der Waals surface area (Å²) in [7, 11) is 0. The summed E-state index contributed by atoms with van der Waals surface area (Å²) in [6, 6.07) is 11.2. The molecule has 122 valence electrons. The number of halogens is 1. The third-order valence-electron chi connectivity index (χ3n) is 4.92. The Labute approximate surface area is 139 Å². The fourth-order valence-corrected chi connectivity index (χ4v) is 3.60. The predicted molar refractivity (Wildman–Crippen MR) is 92.3 cm³/mol. The van der Waals surface area contributed by atoms with Crippen LogP contribution in [0.2, 0.25) is 0 Å². The lowest BCUT2D eigenvalue weighted by Gasteiger charge is -2.32. The summed E-state index contributed by atoms with van der Waals surface area (Å²) < 4.78 is 0. The van der Waals surface area contributed by atoms with E-state index in [4.69, 9.17) is 0 Å². The SMILES string of the molecule is Cl.O=C(CC1CCCN1)N1CCC(Cc2ccccc2)CC1. The third kappa shape index (κ3) is 4.72. The first kappa shape index (κ1) is 17.3. The Hall–Kier alpha value is -1.06. The van der Waals surface area contributed by atoms with Crippen LogP contribution in [-0.2, 0) is 11.2 Å². The zero-order valence-corrected chi connectivity index (χ0v) is 14.0. The lowest BCUT2D eigenvalue weighted by molar-refractivity contribution is -0.133. The van der Waals surface area contributed by atoms with Gasteiger partial charge in [0.2, 0.25) is 5.91 Å². The average Bonchev–Trinajstić information content (AvgIpc) is 3.02. The van der Waals surface area contributed by atoms with Crippen molar-refractivity contribution in [1.82, 2.24) is 10.2 Å². The monoisotopic (exact) mass is 322 g/mol. The minimum atomic E-state index is 0. The predicted octanol–water partition coefficient (Wildman–Crippen LogP) is 3.03. The number of rotatable bonds is 4. The lowest BCUT2D eigenvalue weighted by Crippen LogP contribution is -2.41. The fraction of sp³-hybridized carbons (Fsp3) is 0.611. The minimum Gasteiger partial charge on any atom is -0.343 e. The molecule has 0 bridgehead atoms. The van der Waals surface area contributed by atoms with Gasteiger partial charge in [-0.2, -0.15) is 0 Å². The molecule has 2 saturated heterocycles. The van der Waals surface area contributed by atoms with E-state index in [1.54, 1.807) is 0 Å². The highest BCUT2D eigenvalue weighted by Crippen LogP contribution is 2.22. The highest BCUT2D eigenvalue weighted by molar-refractivity contribution is 5.85. The molecule has 2 fully saturated rings. The van der Waals surface area contributed by atoms with Crippen LogP contribution in [0.5, 0.6) is 0 Å². The number of hydrogen-bond acceptors (Lipinski definition) is 2. The van der Waals surface area contributed by atoms with Gasteiger partial charge in [0, 0.05) is 25.6 Å². The second kappa shape index (κ2) is 8.54. The molecule has 1 unspecified atom stereocenters. The van der Waals surface area contributed by atoms with Gasteiger partial charge >= 0.3 is 0 Å². The van der Waals surface area contributed by atoms with Crippen molar-refractivity contribution in [3.8, 4) is 0 Å². The molecule has 3 rings (SSSR count). The van der Waals surface area contributed by atoms with E-state index in [2.05, 4.69) is 40.5 Å². The summed E-state index contributed by atoms with van der Waals surface area (Å²) >= 11 is 0. The first-order valence-corrected chi connectivity index (χ1v) is 8.36. The van der Waals surface area contributed by atoms with Crippen molar-refractivity contribution in [2.24, 2.45) is 5.92 Å². The molecule has 22 heavy (non-hydrogen) atoms. The van der Waals surface area contributed by atoms with E-state index < -0.39 is 0 Å². The number of likely N-dealkylation sites (tertiary alicyclic amines) is 1. The van der Waals surface area contributed by atoms with E-state index in [1.807, 2.05) is 0 Å². The first-order chi connectivity index (χ1) is 10.3. The third-order valence-corrected chi connectivity index (χ3v) is 4.92. The van der Waals surface area contributed by atoms with Crippen LogP contribution >= 0.6 is 12.4 Å². The van der Waals surface area contributed by atoms with Gasteiger partial charge in [-0.15, -0.1) is 12.4 Å². The number of nitrogens with one attached hydrogen (secondary N) is 1. The summed E-state index contributed by atoms with van der Waals surface area (Å²) in [5.74, 6) is 1.09. The number of carbonyl (C=O) groups excluding carboxylic acids is 1. The van der Waals surface area contributed by atoms with E-state index in [1.165, 1.54) is 12.0 Å².